The fraction of sp³-hybridized carbons (Fsp3) is 1.00. The largest absolute Gasteiger partial charge is 0.274 e. The highest BCUT2D eigenvalue weighted by molar-refractivity contribution is 7.85. The maximum Gasteiger partial charge on any atom is 0.264 e. The Morgan fingerprint density at radius 2 is 1.83 bits per heavy atom. The lowest BCUT2D eigenvalue weighted by Gasteiger charge is -1.84. The molecule has 0 aromatic carbocycles. The lowest BCUT2D eigenvalue weighted by Crippen LogP contribution is -1.95. The van der Waals surface area contributed by atoms with Crippen molar-refractivity contribution in [3.05, 3.63) is 0 Å². The van der Waals surface area contributed by atoms with Gasteiger partial charge < -0.3 is 0 Å². The highest BCUT2D eigenvalue weighted by atomic mass is 32.2. The Bertz CT molecular complexity index is 115. The predicted molar refractivity (Wildman–Crippen MR) is 24.0 cm³/mol. The van der Waals surface area contributed by atoms with Crippen molar-refractivity contribution in [3.8, 4) is 0 Å². The highest BCUT2D eigenvalue weighted by Crippen LogP contribution is 1.75. The number of hydrogen-bond donors (Lipinski definition) is 0. The van der Waals surface area contributed by atoms with Gasteiger partial charge in [-0.25, -0.2) is 0 Å². The van der Waals surface area contributed by atoms with Crippen LogP contribution in [-0.2, 0) is 14.3 Å². The average molecular weight is 112 g/mol. The van der Waals surface area contributed by atoms with Crippen LogP contribution in [0.1, 0.15) is 1.43 Å². The normalized spacial score (nSPS) is 11.7. The van der Waals surface area contributed by atoms with E-state index in [-0.39, 0.29) is 1.43 Å². The first kappa shape index (κ1) is 5.91. The first-order valence-corrected chi connectivity index (χ1v) is 3.13. The van der Waals surface area contributed by atoms with Gasteiger partial charge in [0.05, 0.1) is 13.4 Å². The standard InChI is InChI=1S/C2H6O3S.H2/c1-5-6(2,3)4;/h1-2H3;1H. The molecule has 0 bridgehead atoms. The summed E-state index contributed by atoms with van der Waals surface area (Å²) in [5.41, 5.74) is 0. The summed E-state index contributed by atoms with van der Waals surface area (Å²) in [6.07, 6.45) is 0.993. The van der Waals surface area contributed by atoms with Crippen molar-refractivity contribution in [2.45, 2.75) is 0 Å². The zero-order chi connectivity index (χ0) is 5.21. The second-order valence-electron chi connectivity index (χ2n) is 0.871. The summed E-state index contributed by atoms with van der Waals surface area (Å²) in [6.45, 7) is 0. The van der Waals surface area contributed by atoms with E-state index in [0.717, 1.165) is 13.4 Å². The molecule has 4 heteroatoms. The molecule has 0 radical (unpaired) electrons. The molecule has 0 fully saturated rings. The third kappa shape index (κ3) is 3.91. The molecule has 0 spiro atoms. The van der Waals surface area contributed by atoms with Gasteiger partial charge in [-0.2, -0.15) is 8.42 Å². The third-order valence-corrected chi connectivity index (χ3v) is 0.908. The van der Waals surface area contributed by atoms with Gasteiger partial charge in [0.25, 0.3) is 10.1 Å². The molecule has 0 saturated heterocycles. The SMILES string of the molecule is COS(C)(=O)=O.[HH]. The Morgan fingerprint density at radius 1 is 1.67 bits per heavy atom. The second-order valence-corrected chi connectivity index (χ2v) is 2.61. The van der Waals surface area contributed by atoms with Crippen LogP contribution in [0.5, 0.6) is 0 Å². The van der Waals surface area contributed by atoms with Gasteiger partial charge in [-0.1, -0.05) is 0 Å². The summed E-state index contributed by atoms with van der Waals surface area (Å²) in [4.78, 5) is 0. The van der Waals surface area contributed by atoms with Crippen molar-refractivity contribution in [1.82, 2.24) is 0 Å². The average Bonchev–Trinajstić information content (AvgIpc) is 1.35. The van der Waals surface area contributed by atoms with Crippen LogP contribution in [0.25, 0.3) is 0 Å². The van der Waals surface area contributed by atoms with Crippen molar-refractivity contribution in [2.24, 2.45) is 0 Å². The summed E-state index contributed by atoms with van der Waals surface area (Å²) >= 11 is 0. The maximum absolute atomic E-state index is 9.78. The van der Waals surface area contributed by atoms with E-state index < -0.39 is 10.1 Å². The van der Waals surface area contributed by atoms with Crippen LogP contribution in [0.4, 0.5) is 0 Å². The molecule has 6 heavy (non-hydrogen) atoms. The molecule has 3 nitrogen and oxygen atoms in total. The molecule has 0 saturated carbocycles. The predicted octanol–water partition coefficient (Wildman–Crippen LogP) is -0.162. The van der Waals surface area contributed by atoms with Gasteiger partial charge in [-0.3, -0.25) is 4.18 Å². The molecule has 0 heterocycles. The van der Waals surface area contributed by atoms with Gasteiger partial charge in [-0.15, -0.1) is 0 Å². The lowest BCUT2D eigenvalue weighted by molar-refractivity contribution is 0.403. The molecule has 0 aliphatic carbocycles. The molecule has 0 rings (SSSR count). The van der Waals surface area contributed by atoms with Gasteiger partial charge in [0.2, 0.25) is 0 Å². The van der Waals surface area contributed by atoms with Gasteiger partial charge in [-0.05, 0) is 0 Å². The van der Waals surface area contributed by atoms with Crippen LogP contribution in [0.2, 0.25) is 0 Å². The van der Waals surface area contributed by atoms with Crippen LogP contribution in [0.15, 0.2) is 0 Å². The Kier molecular flexibility index (Phi) is 1.55. The number of rotatable bonds is 1. The molecule has 0 aliphatic heterocycles. The summed E-state index contributed by atoms with van der Waals surface area (Å²) in [7, 11) is -2.04. The zero-order valence-corrected chi connectivity index (χ0v) is 4.45. The Hall–Kier alpha value is -0.0900. The summed E-state index contributed by atoms with van der Waals surface area (Å²) in [6, 6.07) is 0. The van der Waals surface area contributed by atoms with E-state index in [1.807, 2.05) is 0 Å². The van der Waals surface area contributed by atoms with Crippen LogP contribution >= 0.6 is 0 Å². The summed E-state index contributed by atoms with van der Waals surface area (Å²) < 4.78 is 23.5. The van der Waals surface area contributed by atoms with Gasteiger partial charge >= 0.3 is 0 Å². The van der Waals surface area contributed by atoms with Crippen molar-refractivity contribution in [3.63, 3.8) is 0 Å². The van der Waals surface area contributed by atoms with Gasteiger partial charge in [0.1, 0.15) is 0 Å². The summed E-state index contributed by atoms with van der Waals surface area (Å²) in [5, 5.41) is 0. The zero-order valence-electron chi connectivity index (χ0n) is 3.63. The molecule has 40 valence electrons. The molecule has 0 aromatic heterocycles. The van der Waals surface area contributed by atoms with Crippen LogP contribution in [0.3, 0.4) is 0 Å². The fourth-order valence-electron chi connectivity index (χ4n) is 0. The van der Waals surface area contributed by atoms with Gasteiger partial charge in [0, 0.05) is 1.43 Å². The van der Waals surface area contributed by atoms with Crippen LogP contribution in [0, 0.1) is 0 Å². The molecule has 0 aliphatic rings. The molecule has 0 atom stereocenters. The topological polar surface area (TPSA) is 43.4 Å². The van der Waals surface area contributed by atoms with E-state index in [1.54, 1.807) is 0 Å². The van der Waals surface area contributed by atoms with E-state index in [4.69, 9.17) is 0 Å². The van der Waals surface area contributed by atoms with Crippen molar-refractivity contribution in [2.75, 3.05) is 13.4 Å². The molecular weight excluding hydrogens is 104 g/mol. The highest BCUT2D eigenvalue weighted by Gasteiger charge is 1.90. The van der Waals surface area contributed by atoms with Crippen molar-refractivity contribution < 1.29 is 14.0 Å². The first-order chi connectivity index (χ1) is 2.56. The minimum Gasteiger partial charge on any atom is -0.274 e. The van der Waals surface area contributed by atoms with Crippen molar-refractivity contribution in [1.29, 1.82) is 0 Å². The second kappa shape index (κ2) is 1.57. The van der Waals surface area contributed by atoms with E-state index in [9.17, 15) is 8.42 Å². The lowest BCUT2D eigenvalue weighted by atomic mass is 11.8. The van der Waals surface area contributed by atoms with Gasteiger partial charge in [0.15, 0.2) is 0 Å². The Morgan fingerprint density at radius 3 is 1.83 bits per heavy atom. The van der Waals surface area contributed by atoms with Crippen LogP contribution in [-0.4, -0.2) is 21.8 Å². The third-order valence-electron chi connectivity index (χ3n) is 0.303. The first-order valence-electron chi connectivity index (χ1n) is 1.32. The molecule has 0 aromatic rings. The Balaban J connectivity index is 0. The maximum atomic E-state index is 9.78. The minimum atomic E-state index is -3.16. The monoisotopic (exact) mass is 112 g/mol. The van der Waals surface area contributed by atoms with E-state index in [0.29, 0.717) is 0 Å². The number of hydrogen-bond acceptors (Lipinski definition) is 3. The molecule has 0 N–H and O–H groups in total. The minimum absolute atomic E-state index is 0. The van der Waals surface area contributed by atoms with Crippen molar-refractivity contribution >= 4 is 10.1 Å². The molecule has 0 amide bonds. The summed E-state index contributed by atoms with van der Waals surface area (Å²) in [5.74, 6) is 0. The molecular formula is C2H8O3S. The Labute approximate surface area is 38.5 Å². The van der Waals surface area contributed by atoms with Crippen LogP contribution < -0.4 is 0 Å². The molecule has 0 unspecified atom stereocenters. The van der Waals surface area contributed by atoms with E-state index >= 15 is 0 Å². The quantitative estimate of drug-likeness (QED) is 0.443. The smallest absolute Gasteiger partial charge is 0.264 e. The van der Waals surface area contributed by atoms with E-state index in [1.165, 1.54) is 0 Å². The van der Waals surface area contributed by atoms with E-state index in [2.05, 4.69) is 4.18 Å². The fourth-order valence-corrected chi connectivity index (χ4v) is 0.